The third-order valence-corrected chi connectivity index (χ3v) is 6.82. The van der Waals surface area contributed by atoms with Crippen molar-refractivity contribution in [3.8, 4) is 5.75 Å². The van der Waals surface area contributed by atoms with Crippen LogP contribution in [0.3, 0.4) is 0 Å². The van der Waals surface area contributed by atoms with Gasteiger partial charge in [0.05, 0.1) is 11.3 Å². The molecular weight excluding hydrogens is 456 g/mol. The van der Waals surface area contributed by atoms with Crippen LogP contribution >= 0.6 is 0 Å². The lowest BCUT2D eigenvalue weighted by atomic mass is 9.96. The van der Waals surface area contributed by atoms with Gasteiger partial charge >= 0.3 is 5.97 Å². The molecule has 0 aliphatic heterocycles. The minimum atomic E-state index is -0.617. The second kappa shape index (κ2) is 9.85. The standard InChI is InChI=1S/C29H28N2O5/c1-19-25(20(2)36-31-19)16-34-26-15-22-9-7-6-8-21(22)14-24(26)28(33)35-17-27(32)30-18-29(12-13-29)23-10-4-3-5-11-23/h3-11,14-15H,12-13,16-18H2,1-2H3,(H,30,32). The first-order chi connectivity index (χ1) is 17.4. The number of nitrogens with zero attached hydrogens (tertiary/aromatic N) is 1. The summed E-state index contributed by atoms with van der Waals surface area (Å²) in [6, 6.07) is 21.4. The Hall–Kier alpha value is -4.13. The second-order valence-corrected chi connectivity index (χ2v) is 9.29. The number of ether oxygens (including phenoxy) is 2. The molecule has 7 heteroatoms. The molecule has 184 valence electrons. The van der Waals surface area contributed by atoms with Crippen LogP contribution in [0, 0.1) is 13.8 Å². The quantitative estimate of drug-likeness (QED) is 0.335. The number of aromatic nitrogens is 1. The Labute approximate surface area is 209 Å². The molecule has 0 bridgehead atoms. The molecule has 1 N–H and O–H groups in total. The molecule has 0 saturated heterocycles. The van der Waals surface area contributed by atoms with Gasteiger partial charge in [0.25, 0.3) is 5.91 Å². The van der Waals surface area contributed by atoms with Crippen molar-refractivity contribution >= 4 is 22.6 Å². The molecule has 1 aromatic heterocycles. The minimum Gasteiger partial charge on any atom is -0.488 e. The fraction of sp³-hybridized carbons (Fsp3) is 0.276. The van der Waals surface area contributed by atoms with E-state index in [4.69, 9.17) is 14.0 Å². The van der Waals surface area contributed by atoms with Gasteiger partial charge in [-0.25, -0.2) is 4.79 Å². The number of hydrogen-bond acceptors (Lipinski definition) is 6. The van der Waals surface area contributed by atoms with E-state index >= 15 is 0 Å². The monoisotopic (exact) mass is 484 g/mol. The smallest absolute Gasteiger partial charge is 0.342 e. The Morgan fingerprint density at radius 1 is 1.00 bits per heavy atom. The first-order valence-electron chi connectivity index (χ1n) is 12.0. The van der Waals surface area contributed by atoms with Crippen molar-refractivity contribution in [3.05, 3.63) is 94.9 Å². The minimum absolute atomic E-state index is 0.0154. The van der Waals surface area contributed by atoms with Gasteiger partial charge in [-0.15, -0.1) is 0 Å². The number of fused-ring (bicyclic) bond motifs is 1. The third-order valence-electron chi connectivity index (χ3n) is 6.82. The first kappa shape index (κ1) is 23.6. The normalized spacial score (nSPS) is 13.8. The lowest BCUT2D eigenvalue weighted by Gasteiger charge is -2.17. The van der Waals surface area contributed by atoms with Crippen LogP contribution in [0.25, 0.3) is 10.8 Å². The summed E-state index contributed by atoms with van der Waals surface area (Å²) < 4.78 is 16.6. The van der Waals surface area contributed by atoms with E-state index in [2.05, 4.69) is 22.6 Å². The highest BCUT2D eigenvalue weighted by atomic mass is 16.5. The summed E-state index contributed by atoms with van der Waals surface area (Å²) >= 11 is 0. The Morgan fingerprint density at radius 2 is 1.69 bits per heavy atom. The van der Waals surface area contributed by atoms with E-state index in [1.165, 1.54) is 5.56 Å². The summed E-state index contributed by atoms with van der Waals surface area (Å²) in [6.45, 7) is 4.01. The van der Waals surface area contributed by atoms with Crippen LogP contribution < -0.4 is 10.1 Å². The van der Waals surface area contributed by atoms with E-state index < -0.39 is 5.97 Å². The number of esters is 1. The van der Waals surface area contributed by atoms with Crippen LogP contribution in [0.15, 0.2) is 71.3 Å². The Balaban J connectivity index is 1.26. The third kappa shape index (κ3) is 4.96. The summed E-state index contributed by atoms with van der Waals surface area (Å²) in [5.74, 6) is 0.0940. The van der Waals surface area contributed by atoms with E-state index in [1.54, 1.807) is 12.1 Å². The summed E-state index contributed by atoms with van der Waals surface area (Å²) in [7, 11) is 0. The molecule has 1 heterocycles. The van der Waals surface area contributed by atoms with E-state index in [0.29, 0.717) is 18.1 Å². The van der Waals surface area contributed by atoms with Crippen LogP contribution in [-0.2, 0) is 21.6 Å². The molecule has 1 aliphatic carbocycles. The number of hydrogen-bond donors (Lipinski definition) is 1. The molecule has 7 nitrogen and oxygen atoms in total. The van der Waals surface area contributed by atoms with Crippen molar-refractivity contribution in [2.45, 2.75) is 38.7 Å². The molecule has 0 unspecified atom stereocenters. The summed E-state index contributed by atoms with van der Waals surface area (Å²) in [5, 5.41) is 8.68. The molecule has 36 heavy (non-hydrogen) atoms. The number of amides is 1. The van der Waals surface area contributed by atoms with Gasteiger partial charge in [0.2, 0.25) is 0 Å². The number of rotatable bonds is 9. The Bertz CT molecular complexity index is 1390. The predicted octanol–water partition coefficient (Wildman–Crippen LogP) is 5.03. The van der Waals surface area contributed by atoms with Crippen LogP contribution in [0.2, 0.25) is 0 Å². The fourth-order valence-corrected chi connectivity index (χ4v) is 4.39. The highest BCUT2D eigenvalue weighted by Crippen LogP contribution is 2.47. The number of carbonyl (C=O) groups excluding carboxylic acids is 2. The van der Waals surface area contributed by atoms with Crippen molar-refractivity contribution in [1.29, 1.82) is 0 Å². The van der Waals surface area contributed by atoms with Gasteiger partial charge in [0.1, 0.15) is 23.7 Å². The zero-order chi connectivity index (χ0) is 25.1. The van der Waals surface area contributed by atoms with Crippen LogP contribution in [0.5, 0.6) is 5.75 Å². The lowest BCUT2D eigenvalue weighted by molar-refractivity contribution is -0.124. The topological polar surface area (TPSA) is 90.7 Å². The van der Waals surface area contributed by atoms with Gasteiger partial charge in [-0.2, -0.15) is 0 Å². The fourth-order valence-electron chi connectivity index (χ4n) is 4.39. The molecule has 4 aromatic rings. The predicted molar refractivity (Wildman–Crippen MR) is 135 cm³/mol. The summed E-state index contributed by atoms with van der Waals surface area (Å²) in [4.78, 5) is 25.5. The van der Waals surface area contributed by atoms with Crippen molar-refractivity contribution in [2.24, 2.45) is 0 Å². The van der Waals surface area contributed by atoms with E-state index in [1.807, 2.05) is 56.3 Å². The SMILES string of the molecule is Cc1noc(C)c1COc1cc2ccccc2cc1C(=O)OCC(=O)NCC1(c2ccccc2)CC1. The van der Waals surface area contributed by atoms with Crippen LogP contribution in [0.4, 0.5) is 0 Å². The van der Waals surface area contributed by atoms with Gasteiger partial charge in [0, 0.05) is 12.0 Å². The van der Waals surface area contributed by atoms with Crippen molar-refractivity contribution < 1.29 is 23.6 Å². The maximum absolute atomic E-state index is 13.0. The molecule has 1 amide bonds. The average molecular weight is 485 g/mol. The molecule has 1 saturated carbocycles. The Morgan fingerprint density at radius 3 is 2.36 bits per heavy atom. The molecule has 3 aromatic carbocycles. The molecular formula is C29H28N2O5. The molecule has 1 fully saturated rings. The maximum atomic E-state index is 13.0. The molecule has 1 aliphatic rings. The number of nitrogens with one attached hydrogen (secondary N) is 1. The highest BCUT2D eigenvalue weighted by Gasteiger charge is 2.44. The van der Waals surface area contributed by atoms with E-state index in [0.717, 1.165) is 34.9 Å². The number of carbonyl (C=O) groups is 2. The van der Waals surface area contributed by atoms with Crippen molar-refractivity contribution in [2.75, 3.05) is 13.2 Å². The van der Waals surface area contributed by atoms with E-state index in [-0.39, 0.29) is 30.1 Å². The number of benzene rings is 3. The summed E-state index contributed by atoms with van der Waals surface area (Å²) in [6.07, 6.45) is 2.06. The maximum Gasteiger partial charge on any atom is 0.342 e. The average Bonchev–Trinajstić information content (AvgIpc) is 3.64. The zero-order valence-electron chi connectivity index (χ0n) is 20.4. The van der Waals surface area contributed by atoms with Gasteiger partial charge in [-0.05, 0) is 55.2 Å². The van der Waals surface area contributed by atoms with Crippen LogP contribution in [-0.4, -0.2) is 30.2 Å². The number of aryl methyl sites for hydroxylation is 2. The lowest BCUT2D eigenvalue weighted by Crippen LogP contribution is -2.35. The first-order valence-corrected chi connectivity index (χ1v) is 12.0. The molecule has 0 radical (unpaired) electrons. The van der Waals surface area contributed by atoms with Gasteiger partial charge < -0.3 is 19.3 Å². The van der Waals surface area contributed by atoms with Crippen molar-refractivity contribution in [3.63, 3.8) is 0 Å². The van der Waals surface area contributed by atoms with Crippen molar-refractivity contribution in [1.82, 2.24) is 10.5 Å². The zero-order valence-corrected chi connectivity index (χ0v) is 20.4. The van der Waals surface area contributed by atoms with Gasteiger partial charge in [0.15, 0.2) is 6.61 Å². The van der Waals surface area contributed by atoms with Gasteiger partial charge in [-0.3, -0.25) is 4.79 Å². The second-order valence-electron chi connectivity index (χ2n) is 9.29. The van der Waals surface area contributed by atoms with Crippen LogP contribution in [0.1, 0.15) is 45.8 Å². The molecule has 0 atom stereocenters. The molecule has 5 rings (SSSR count). The Kier molecular flexibility index (Phi) is 6.46. The largest absolute Gasteiger partial charge is 0.488 e. The van der Waals surface area contributed by atoms with Gasteiger partial charge in [-0.1, -0.05) is 59.8 Å². The van der Waals surface area contributed by atoms with E-state index in [9.17, 15) is 9.59 Å². The highest BCUT2D eigenvalue weighted by molar-refractivity contribution is 5.99. The molecule has 0 spiro atoms. The summed E-state index contributed by atoms with van der Waals surface area (Å²) in [5.41, 5.74) is 3.03.